The van der Waals surface area contributed by atoms with Gasteiger partial charge in [-0.25, -0.2) is 42.5 Å². The van der Waals surface area contributed by atoms with Crippen LogP contribution in [0.2, 0.25) is 0 Å². The number of halogens is 1. The van der Waals surface area contributed by atoms with E-state index >= 15 is 0 Å². The molecule has 2 aromatic rings. The summed E-state index contributed by atoms with van der Waals surface area (Å²) in [6, 6.07) is 0. The molecule has 0 aromatic carbocycles. The van der Waals surface area contributed by atoms with E-state index in [-0.39, 0.29) is 130 Å². The van der Waals surface area contributed by atoms with E-state index in [1.165, 1.54) is 0 Å². The van der Waals surface area contributed by atoms with Crippen LogP contribution in [0.5, 0.6) is 0 Å². The number of carbonyl (C=O) groups excluding carboxylic acids is 1. The van der Waals surface area contributed by atoms with Crippen LogP contribution in [0.4, 0.5) is 0 Å². The SMILES string of the molecule is C=CCCBr.C=CCCn1c(=O)n(CCC=C)c(=O)n(CCC=C)c1=O.O=CO[O-].O=c1[nH]c(=O)[nH]c(=O)[nH]1.[H-].[K+].[K+]. The number of alkyl halides is 1. The Hall–Kier alpha value is -1.04. The van der Waals surface area contributed by atoms with Gasteiger partial charge in [-0.1, -0.05) is 40.2 Å². The summed E-state index contributed by atoms with van der Waals surface area (Å²) < 4.78 is 3.24. The van der Waals surface area contributed by atoms with Gasteiger partial charge < -0.3 is 11.6 Å². The zero-order chi connectivity index (χ0) is 30.2. The van der Waals surface area contributed by atoms with E-state index in [1.54, 1.807) is 33.2 Å². The van der Waals surface area contributed by atoms with Crippen LogP contribution in [-0.4, -0.2) is 40.5 Å². The molecule has 0 aliphatic heterocycles. The summed E-state index contributed by atoms with van der Waals surface area (Å²) >= 11 is 3.24. The summed E-state index contributed by atoms with van der Waals surface area (Å²) in [5.74, 6) is 0. The molecular formula is C23H33BrK2N6O9. The molecule has 0 spiro atoms. The molecule has 2 heterocycles. The van der Waals surface area contributed by atoms with Crippen LogP contribution in [0.15, 0.2) is 79.4 Å². The van der Waals surface area contributed by atoms with Crippen molar-refractivity contribution in [1.82, 2.24) is 28.7 Å². The van der Waals surface area contributed by atoms with Gasteiger partial charge in [0.1, 0.15) is 0 Å². The zero-order valence-electron chi connectivity index (χ0n) is 24.3. The van der Waals surface area contributed by atoms with Crippen LogP contribution >= 0.6 is 15.9 Å². The van der Waals surface area contributed by atoms with Gasteiger partial charge in [-0.2, -0.15) is 0 Å². The Morgan fingerprint density at radius 3 is 1.05 bits per heavy atom. The smallest absolute Gasteiger partial charge is 1.00 e. The number of allylic oxidation sites excluding steroid dienone is 4. The van der Waals surface area contributed by atoms with Crippen LogP contribution < -0.4 is 142 Å². The van der Waals surface area contributed by atoms with Crippen molar-refractivity contribution in [2.45, 2.75) is 45.3 Å². The maximum Gasteiger partial charge on any atom is 1.00 e. The molecule has 218 valence electrons. The number of hydrogen-bond donors (Lipinski definition) is 3. The number of nitrogens with zero attached hydrogens (tertiary/aromatic N) is 3. The molecule has 3 N–H and O–H groups in total. The molecular weight excluding hydrogens is 662 g/mol. The molecule has 2 rings (SSSR count). The van der Waals surface area contributed by atoms with E-state index < -0.39 is 34.1 Å². The maximum atomic E-state index is 12.3. The van der Waals surface area contributed by atoms with Gasteiger partial charge in [0.2, 0.25) is 0 Å². The van der Waals surface area contributed by atoms with Crippen molar-refractivity contribution in [3.63, 3.8) is 0 Å². The summed E-state index contributed by atoms with van der Waals surface area (Å²) in [5, 5.41) is 9.47. The number of H-pyrrole nitrogens is 3. The van der Waals surface area contributed by atoms with Gasteiger partial charge in [0.15, 0.2) is 0 Å². The molecule has 0 saturated heterocycles. The molecule has 15 nitrogen and oxygen atoms in total. The molecule has 18 heteroatoms. The minimum atomic E-state index is -0.802. The summed E-state index contributed by atoms with van der Waals surface area (Å²) in [6.45, 7) is 14.7. The standard InChI is InChI=1S/C15H21N3O3.C4H7Br.C3H3N3O3.CH2O3.2K.H/c1-4-7-10-16-13(19)17(11-8-5-2)15(21)18(14(16)20)12-9-6-3;1-2-3-4-5;7-1-4-2(8)6-3(9)5-1;2-1-4-3;;;/h4-6H,1-3,7-12H2;2H,1,3-4H2;(H3,4,5,6,7,8,9);1,3H;;;/q;;;;2*+1;-1/p-1. The number of aromatic nitrogens is 6. The molecule has 41 heavy (non-hydrogen) atoms. The average Bonchev–Trinajstić information content (AvgIpc) is 2.89. The van der Waals surface area contributed by atoms with Crippen molar-refractivity contribution in [3.05, 3.63) is 114 Å². The topological polar surface area (TPSA) is 214 Å². The predicted octanol–water partition coefficient (Wildman–Crippen LogP) is -6.84. The van der Waals surface area contributed by atoms with Crippen molar-refractivity contribution in [1.29, 1.82) is 0 Å². The molecule has 0 atom stereocenters. The van der Waals surface area contributed by atoms with Gasteiger partial charge in [-0.3, -0.25) is 19.7 Å². The monoisotopic (exact) mass is 694 g/mol. The second kappa shape index (κ2) is 30.4. The molecule has 0 aliphatic carbocycles. The zero-order valence-corrected chi connectivity index (χ0v) is 31.1. The summed E-state index contributed by atoms with van der Waals surface area (Å²) in [5.41, 5.74) is -4.15. The van der Waals surface area contributed by atoms with Crippen molar-refractivity contribution in [2.24, 2.45) is 0 Å². The van der Waals surface area contributed by atoms with Gasteiger partial charge in [0, 0.05) is 25.0 Å². The Balaban J connectivity index is -0.000000180. The molecule has 0 amide bonds. The summed E-state index contributed by atoms with van der Waals surface area (Å²) in [6.07, 6.45) is 9.27. The fourth-order valence-electron chi connectivity index (χ4n) is 2.40. The van der Waals surface area contributed by atoms with E-state index in [4.69, 9.17) is 10.1 Å². The first-order valence-electron chi connectivity index (χ1n) is 11.2. The van der Waals surface area contributed by atoms with Gasteiger partial charge in [0.05, 0.1) is 0 Å². The van der Waals surface area contributed by atoms with Crippen LogP contribution in [0.3, 0.4) is 0 Å². The first kappa shape index (κ1) is 46.9. The van der Waals surface area contributed by atoms with E-state index in [9.17, 15) is 28.8 Å². The second-order valence-electron chi connectivity index (χ2n) is 6.86. The van der Waals surface area contributed by atoms with Gasteiger partial charge in [-0.05, 0) is 25.7 Å². The van der Waals surface area contributed by atoms with Gasteiger partial charge in [-0.15, -0.1) is 26.3 Å². The Bertz CT molecular complexity index is 1210. The van der Waals surface area contributed by atoms with Crippen molar-refractivity contribution >= 4 is 22.4 Å². The molecule has 0 unspecified atom stereocenters. The molecule has 0 fully saturated rings. The minimum absolute atomic E-state index is 0. The summed E-state index contributed by atoms with van der Waals surface area (Å²) in [7, 11) is 0. The molecule has 0 saturated carbocycles. The van der Waals surface area contributed by atoms with E-state index in [0.29, 0.717) is 19.3 Å². The Morgan fingerprint density at radius 1 is 0.659 bits per heavy atom. The molecule has 0 radical (unpaired) electrons. The number of nitrogens with one attached hydrogen (secondary N) is 3. The van der Waals surface area contributed by atoms with Gasteiger partial charge in [0.25, 0.3) is 6.47 Å². The number of hydrogen-bond acceptors (Lipinski definition) is 9. The largest absolute Gasteiger partial charge is 1.00 e. The first-order valence-corrected chi connectivity index (χ1v) is 12.3. The van der Waals surface area contributed by atoms with Gasteiger partial charge >= 0.3 is 137 Å². The van der Waals surface area contributed by atoms with Crippen LogP contribution in [0.1, 0.15) is 27.1 Å². The third-order valence-electron chi connectivity index (χ3n) is 4.09. The van der Waals surface area contributed by atoms with Crippen molar-refractivity contribution in [3.8, 4) is 0 Å². The third-order valence-corrected chi connectivity index (χ3v) is 4.55. The van der Waals surface area contributed by atoms with E-state index in [0.717, 1.165) is 25.5 Å². The van der Waals surface area contributed by atoms with Crippen LogP contribution in [-0.2, 0) is 29.3 Å². The fourth-order valence-corrected chi connectivity index (χ4v) is 2.72. The average molecular weight is 696 g/mol. The number of aromatic amines is 3. The molecule has 0 aliphatic rings. The maximum absolute atomic E-state index is 12.3. The normalized spacial score (nSPS) is 8.73. The Kier molecular flexibility index (Phi) is 34.8. The Morgan fingerprint density at radius 2 is 0.902 bits per heavy atom. The van der Waals surface area contributed by atoms with E-state index in [2.05, 4.69) is 47.1 Å². The number of carbonyl (C=O) groups is 1. The number of rotatable bonds is 12. The summed E-state index contributed by atoms with van der Waals surface area (Å²) in [4.78, 5) is 84.0. The Labute approximate surface area is 329 Å². The molecule has 0 bridgehead atoms. The van der Waals surface area contributed by atoms with Crippen molar-refractivity contribution in [2.75, 3.05) is 5.33 Å². The minimum Gasteiger partial charge on any atom is -1.00 e. The third kappa shape index (κ3) is 21.3. The first-order chi connectivity index (χ1) is 18.6. The van der Waals surface area contributed by atoms with Crippen molar-refractivity contribution < 1.29 is 119 Å². The van der Waals surface area contributed by atoms with Crippen LogP contribution in [0, 0.1) is 0 Å². The second-order valence-corrected chi connectivity index (χ2v) is 7.65. The van der Waals surface area contributed by atoms with Crippen LogP contribution in [0.25, 0.3) is 0 Å². The predicted molar refractivity (Wildman–Crippen MR) is 149 cm³/mol. The molecule has 2 aromatic heterocycles. The quantitative estimate of drug-likeness (QED) is 0.0480. The fraction of sp³-hybridized carbons (Fsp3) is 0.348. The van der Waals surface area contributed by atoms with E-state index in [1.807, 2.05) is 6.08 Å².